The van der Waals surface area contributed by atoms with E-state index in [4.69, 9.17) is 15.0 Å². The van der Waals surface area contributed by atoms with Crippen LogP contribution in [0.1, 0.15) is 165 Å². The fraction of sp³-hybridized carbons (Fsp3) is 0.302. The summed E-state index contributed by atoms with van der Waals surface area (Å²) in [5, 5.41) is 6.93. The zero-order valence-corrected chi connectivity index (χ0v) is 83.1. The van der Waals surface area contributed by atoms with Crippen LogP contribution in [0.2, 0.25) is 0 Å². The van der Waals surface area contributed by atoms with Crippen molar-refractivity contribution in [1.29, 1.82) is 0 Å². The molecule has 0 saturated heterocycles. The second-order valence-electron chi connectivity index (χ2n) is 37.7. The van der Waals surface area contributed by atoms with E-state index in [0.29, 0.717) is 17.8 Å². The predicted octanol–water partition coefficient (Wildman–Crippen LogP) is 23.6. The highest BCUT2D eigenvalue weighted by molar-refractivity contribution is 5.96. The highest BCUT2D eigenvalue weighted by atomic mass is 15.0. The number of hydrogen-bond donors (Lipinski definition) is 0. The smallest absolute Gasteiger partial charge is 0.264 e. The lowest BCUT2D eigenvalue weighted by Crippen LogP contribution is -2.32. The van der Waals surface area contributed by atoms with Crippen LogP contribution >= 0.6 is 0 Å². The van der Waals surface area contributed by atoms with Gasteiger partial charge in [0.25, 0.3) is 24.6 Å². The third kappa shape index (κ3) is 21.2. The first-order valence-corrected chi connectivity index (χ1v) is 45.9. The van der Waals surface area contributed by atoms with Gasteiger partial charge in [-0.05, 0) is 315 Å². The van der Waals surface area contributed by atoms with E-state index in [1.807, 2.05) is 83.1 Å². The predicted molar refractivity (Wildman–Crippen MR) is 540 cm³/mol. The van der Waals surface area contributed by atoms with Gasteiger partial charge in [0.1, 0.15) is 54.8 Å². The number of fused-ring (bicyclic) bond motifs is 6. The van der Waals surface area contributed by atoms with E-state index in [0.717, 1.165) is 67.9 Å². The molecule has 18 rings (SSSR count). The number of aryl methyl sites for hydroxylation is 18. The van der Waals surface area contributed by atoms with Crippen molar-refractivity contribution in [3.8, 4) is 67.5 Å². The van der Waals surface area contributed by atoms with E-state index < -0.39 is 0 Å². The number of hydrogen-bond acceptors (Lipinski definition) is 9. The monoisotopic (exact) mass is 1740 g/mol. The second-order valence-corrected chi connectivity index (χ2v) is 37.7. The Balaban J connectivity index is 0.000000134. The van der Waals surface area contributed by atoms with Gasteiger partial charge in [-0.2, -0.15) is 13.7 Å². The summed E-state index contributed by atoms with van der Waals surface area (Å²) < 4.78 is 12.8. The van der Waals surface area contributed by atoms with Gasteiger partial charge in [-0.15, -0.1) is 0 Å². The molecule has 0 amide bonds. The molecular weight excluding hydrogens is 1600 g/mol. The lowest BCUT2D eigenvalue weighted by atomic mass is 9.95. The van der Waals surface area contributed by atoms with Crippen molar-refractivity contribution in [2.45, 2.75) is 185 Å². The average molecular weight is 1740 g/mol. The first-order chi connectivity index (χ1) is 62.3. The van der Waals surface area contributed by atoms with Crippen LogP contribution in [0.4, 0.5) is 0 Å². The zero-order valence-electron chi connectivity index (χ0n) is 83.1. The Morgan fingerprint density at radius 2 is 0.664 bits per heavy atom. The van der Waals surface area contributed by atoms with Crippen LogP contribution in [0.5, 0.6) is 0 Å². The van der Waals surface area contributed by atoms with Gasteiger partial charge >= 0.3 is 0 Å². The minimum atomic E-state index is 0.429. The van der Waals surface area contributed by atoms with E-state index in [9.17, 15) is 0 Å². The van der Waals surface area contributed by atoms with Gasteiger partial charge in [-0.25, -0.2) is 33.6 Å². The standard InChI is InChI=1S/2C22H27N2.C21H25N2.3C17H18N3/c1-14(2)9-18-12-19-7-8-24(6)22(21(19)23-13-18)20-11-15(3)10-16(4)17(20)5;1-14(2)11-19-8-7-18-9-10-24(6)22(21(18)23-19)20-13-15(3)12-16(4)17(20)5;1-13(2)19-8-7-17-9-10-23(6)21(20(17)22-19)18-12-14(3)11-15(4)16(18)5;1-11-7-12(2)13(3)14(8-11)17-15-9-18-6-5-16(15)19-10-20(17)4;1-11-7-12(2)13(3)15(8-11)17-14-5-6-18-9-16(14)19-10-20(17)4;1-11-8-12(2)13(3)15(9-11)16-14-6-5-7-18-17(14)19-10-20(16)4/h7-8,10-14H,9H2,1-6H3;7-10,12-14H,11H2,1-6H3;7-13H,1-6H3;3*5-10H,1-4H3/q6*+1. The Morgan fingerprint density at radius 3 is 1.11 bits per heavy atom. The summed E-state index contributed by atoms with van der Waals surface area (Å²) in [6, 6.07) is 52.5. The first kappa shape index (κ1) is 95.1. The van der Waals surface area contributed by atoms with E-state index in [1.54, 1.807) is 12.4 Å². The molecule has 0 radical (unpaired) electrons. The Bertz CT molecular complexity index is 7050. The number of benzene rings is 6. The molecule has 0 aliphatic carbocycles. The normalized spacial score (nSPS) is 11.2. The van der Waals surface area contributed by atoms with E-state index >= 15 is 0 Å². The van der Waals surface area contributed by atoms with Crippen molar-refractivity contribution in [2.24, 2.45) is 54.1 Å². The summed E-state index contributed by atoms with van der Waals surface area (Å²) >= 11 is 0. The third-order valence-electron chi connectivity index (χ3n) is 25.6. The maximum atomic E-state index is 5.03. The summed E-state index contributed by atoms with van der Waals surface area (Å²) in [5.41, 5.74) is 48.0. The molecule has 0 atom stereocenters. The van der Waals surface area contributed by atoms with Gasteiger partial charge in [-0.3, -0.25) is 9.97 Å². The van der Waals surface area contributed by atoms with Gasteiger partial charge in [0.05, 0.1) is 60.2 Å². The molecular formula is C116H133N15+6. The van der Waals surface area contributed by atoms with Crippen molar-refractivity contribution < 1.29 is 27.4 Å². The molecule has 15 nitrogen and oxygen atoms in total. The third-order valence-corrected chi connectivity index (χ3v) is 25.6. The van der Waals surface area contributed by atoms with Crippen LogP contribution in [-0.2, 0) is 55.1 Å². The van der Waals surface area contributed by atoms with E-state index in [1.165, 1.54) is 195 Å². The summed E-state index contributed by atoms with van der Waals surface area (Å²) in [7, 11) is 12.4. The van der Waals surface area contributed by atoms with Crippen molar-refractivity contribution in [3.63, 3.8) is 0 Å². The van der Waals surface area contributed by atoms with Gasteiger partial charge in [0.15, 0.2) is 24.1 Å². The van der Waals surface area contributed by atoms with Crippen LogP contribution in [0.3, 0.4) is 0 Å². The molecule has 131 heavy (non-hydrogen) atoms. The number of rotatable bonds is 11. The summed E-state index contributed by atoms with van der Waals surface area (Å²) in [4.78, 5) is 41.0. The second kappa shape index (κ2) is 40.6. The molecule has 15 heteroatoms. The van der Waals surface area contributed by atoms with Crippen molar-refractivity contribution >= 4 is 65.5 Å². The number of nitrogens with zero attached hydrogens (tertiary/aromatic N) is 15. The quantitative estimate of drug-likeness (QED) is 0.116. The molecule has 0 aliphatic heterocycles. The summed E-state index contributed by atoms with van der Waals surface area (Å²) in [6.07, 6.45) is 25.2. The Labute approximate surface area is 777 Å². The Kier molecular flexibility index (Phi) is 29.5. The molecule has 0 N–H and O–H groups in total. The largest absolute Gasteiger partial charge is 0.289 e. The summed E-state index contributed by atoms with van der Waals surface area (Å²) in [6.45, 7) is 52.5. The number of pyridine rings is 9. The molecule has 0 unspecified atom stereocenters. The first-order valence-electron chi connectivity index (χ1n) is 45.9. The van der Waals surface area contributed by atoms with Crippen LogP contribution in [0.25, 0.3) is 133 Å². The fourth-order valence-corrected chi connectivity index (χ4v) is 18.1. The van der Waals surface area contributed by atoms with Gasteiger partial charge in [0.2, 0.25) is 22.6 Å². The maximum absolute atomic E-state index is 5.03. The summed E-state index contributed by atoms with van der Waals surface area (Å²) in [5.74, 6) is 1.68. The van der Waals surface area contributed by atoms with E-state index in [-0.39, 0.29) is 0 Å². The van der Waals surface area contributed by atoms with Crippen LogP contribution in [0.15, 0.2) is 220 Å². The minimum Gasteiger partial charge on any atom is -0.264 e. The van der Waals surface area contributed by atoms with Crippen LogP contribution in [-0.4, -0.2) is 44.9 Å². The maximum Gasteiger partial charge on any atom is 0.289 e. The minimum absolute atomic E-state index is 0.429. The number of aromatic nitrogens is 15. The van der Waals surface area contributed by atoms with Gasteiger partial charge < -0.3 is 0 Å². The van der Waals surface area contributed by atoms with Crippen LogP contribution in [0, 0.1) is 136 Å². The molecule has 0 saturated carbocycles. The molecule has 18 aromatic rings. The molecule has 0 spiro atoms. The lowest BCUT2D eigenvalue weighted by molar-refractivity contribution is -0.662. The Hall–Kier alpha value is -13.5. The highest BCUT2D eigenvalue weighted by Crippen LogP contribution is 2.37. The SMILES string of the molecule is Cc1cc(C)c(C)c(-c2c3cccnc3nc[n+]2C)c1.Cc1cc(C)c(C)c(-c2c3ccncc3nc[n+]2C)c1.Cc1cc(C)c(C)c(-c2c3cnccc3nc[n+]2C)c1.Cc1cc(C)c(C)c(-c2c3nc(C(C)C)ccc3cc[n+]2C)c1.Cc1cc(C)c(C)c(-c2c3nc(CC(C)C)ccc3cc[n+]2C)c1.Cc1cc(C)c(C)c(-c2c3ncc(CC(C)C)cc3cc[n+]2C)c1. The van der Waals surface area contributed by atoms with Crippen molar-refractivity contribution in [2.75, 3.05) is 0 Å². The van der Waals surface area contributed by atoms with Gasteiger partial charge in [-0.1, -0.05) is 123 Å². The average Bonchev–Trinajstić information content (AvgIpc) is 0.822. The molecule has 0 aliphatic rings. The van der Waals surface area contributed by atoms with E-state index in [2.05, 4.69) is 391 Å². The lowest BCUT2D eigenvalue weighted by Gasteiger charge is -2.12. The van der Waals surface area contributed by atoms with Crippen molar-refractivity contribution in [3.05, 3.63) is 337 Å². The Morgan fingerprint density at radius 1 is 0.282 bits per heavy atom. The van der Waals surface area contributed by atoms with Crippen LogP contribution < -0.4 is 27.4 Å². The topological polar surface area (TPSA) is 139 Å². The molecule has 12 heterocycles. The highest BCUT2D eigenvalue weighted by Gasteiger charge is 2.27. The fourth-order valence-electron chi connectivity index (χ4n) is 18.1. The molecule has 6 aromatic carbocycles. The molecule has 666 valence electrons. The van der Waals surface area contributed by atoms with Crippen molar-refractivity contribution in [1.82, 2.24) is 44.9 Å². The molecule has 12 aromatic heterocycles. The molecule has 0 fully saturated rings. The van der Waals surface area contributed by atoms with Gasteiger partial charge in [0, 0.05) is 99.5 Å². The molecule has 0 bridgehead atoms. The zero-order chi connectivity index (χ0) is 94.4.